The molecule has 4 rings (SSSR count). The number of halogens is 3. The highest BCUT2D eigenvalue weighted by atomic mass is 19.4. The van der Waals surface area contributed by atoms with Crippen molar-refractivity contribution in [2.24, 2.45) is 0 Å². The van der Waals surface area contributed by atoms with Crippen molar-refractivity contribution in [2.45, 2.75) is 49.9 Å². The van der Waals surface area contributed by atoms with E-state index < -0.39 is 33.8 Å². The maximum absolute atomic E-state index is 13.2. The molecule has 1 saturated carbocycles. The van der Waals surface area contributed by atoms with Crippen molar-refractivity contribution in [2.75, 3.05) is 19.6 Å². The number of hydrogen-bond acceptors (Lipinski definition) is 5. The van der Waals surface area contributed by atoms with Crippen molar-refractivity contribution in [1.29, 1.82) is 0 Å². The van der Waals surface area contributed by atoms with Gasteiger partial charge in [0.2, 0.25) is 5.91 Å². The van der Waals surface area contributed by atoms with Crippen LogP contribution in [0.1, 0.15) is 53.1 Å². The highest BCUT2D eigenvalue weighted by Crippen LogP contribution is 2.37. The summed E-state index contributed by atoms with van der Waals surface area (Å²) in [6, 6.07) is 12.3. The third kappa shape index (κ3) is 5.67. The largest absolute Gasteiger partial charge is 0.423 e. The lowest BCUT2D eigenvalue weighted by atomic mass is 9.80. The fourth-order valence-corrected chi connectivity index (χ4v) is 5.00. The van der Waals surface area contributed by atoms with Crippen molar-refractivity contribution >= 4 is 17.5 Å². The van der Waals surface area contributed by atoms with Gasteiger partial charge < -0.3 is 15.5 Å². The summed E-state index contributed by atoms with van der Waals surface area (Å²) in [4.78, 5) is 37.3. The van der Waals surface area contributed by atoms with Gasteiger partial charge in [-0.05, 0) is 49.3 Å². The smallest absolute Gasteiger partial charge is 0.343 e. The fraction of sp³-hybridized carbons (Fsp3) is 0.440. The van der Waals surface area contributed by atoms with Crippen LogP contribution in [0.25, 0.3) is 0 Å². The summed E-state index contributed by atoms with van der Waals surface area (Å²) in [5.74, 6) is -0.761. The van der Waals surface area contributed by atoms with Gasteiger partial charge in [0.15, 0.2) is 0 Å². The van der Waals surface area contributed by atoms with E-state index in [2.05, 4.69) is 22.8 Å². The minimum atomic E-state index is -5.00. The Morgan fingerprint density at radius 3 is 2.25 bits per heavy atom. The Kier molecular flexibility index (Phi) is 7.58. The molecular formula is C25H27F3N4O4. The first-order valence-electron chi connectivity index (χ1n) is 11.9. The van der Waals surface area contributed by atoms with E-state index in [9.17, 15) is 32.9 Å². The first-order valence-corrected chi connectivity index (χ1v) is 11.9. The van der Waals surface area contributed by atoms with Gasteiger partial charge in [0.25, 0.3) is 11.6 Å². The molecule has 1 heterocycles. The molecule has 0 bridgehead atoms. The first-order chi connectivity index (χ1) is 17.1. The van der Waals surface area contributed by atoms with Gasteiger partial charge in [0, 0.05) is 30.8 Å². The van der Waals surface area contributed by atoms with Gasteiger partial charge >= 0.3 is 6.18 Å². The quantitative estimate of drug-likeness (QED) is 0.440. The lowest BCUT2D eigenvalue weighted by Crippen LogP contribution is -2.63. The molecule has 2 amide bonds. The number of carbonyl (C=O) groups excluding carboxylic acids is 2. The Labute approximate surface area is 206 Å². The molecule has 0 aromatic heterocycles. The van der Waals surface area contributed by atoms with Gasteiger partial charge in [0.1, 0.15) is 5.56 Å². The highest BCUT2D eigenvalue weighted by Gasteiger charge is 2.39. The SMILES string of the molecule is O=C(NCC(=O)N(C1CCC(c2ccccc2)CC1)C1CNC1)c1ccc([N+](=O)[O-])c(C(F)(F)F)c1. The summed E-state index contributed by atoms with van der Waals surface area (Å²) in [5.41, 5.74) is -1.76. The Bertz CT molecular complexity index is 1110. The number of rotatable bonds is 7. The van der Waals surface area contributed by atoms with Crippen LogP contribution in [0.2, 0.25) is 0 Å². The van der Waals surface area contributed by atoms with E-state index in [-0.39, 0.29) is 24.5 Å². The van der Waals surface area contributed by atoms with Crippen molar-refractivity contribution in [3.63, 3.8) is 0 Å². The van der Waals surface area contributed by atoms with E-state index in [0.717, 1.165) is 31.7 Å². The standard InChI is InChI=1S/C25H27F3N4O4/c26-25(27,28)21-12-18(8-11-22(21)32(35)36)24(34)30-15-23(33)31(20-13-29-14-20)19-9-6-17(7-10-19)16-4-2-1-3-5-16/h1-5,8,11-12,17,19-20,29H,6-7,9-10,13-15H2,(H,30,34). The van der Waals surface area contributed by atoms with E-state index in [1.165, 1.54) is 5.56 Å². The van der Waals surface area contributed by atoms with Crippen molar-refractivity contribution in [1.82, 2.24) is 15.5 Å². The number of alkyl halides is 3. The molecule has 2 aliphatic rings. The summed E-state index contributed by atoms with van der Waals surface area (Å²) < 4.78 is 39.7. The Hall–Kier alpha value is -3.47. The van der Waals surface area contributed by atoms with Crippen LogP contribution in [0.15, 0.2) is 48.5 Å². The average molecular weight is 505 g/mol. The number of nitrogens with zero attached hydrogens (tertiary/aromatic N) is 2. The molecule has 192 valence electrons. The number of nitro groups is 1. The van der Waals surface area contributed by atoms with Crippen LogP contribution < -0.4 is 10.6 Å². The zero-order valence-corrected chi connectivity index (χ0v) is 19.5. The number of nitro benzene ring substituents is 1. The molecule has 2 fully saturated rings. The predicted molar refractivity (Wildman–Crippen MR) is 125 cm³/mol. The van der Waals surface area contributed by atoms with E-state index in [1.54, 1.807) is 0 Å². The lowest BCUT2D eigenvalue weighted by Gasteiger charge is -2.45. The van der Waals surface area contributed by atoms with Gasteiger partial charge in [-0.2, -0.15) is 13.2 Å². The molecule has 0 atom stereocenters. The summed E-state index contributed by atoms with van der Waals surface area (Å²) in [6.45, 7) is 0.928. The van der Waals surface area contributed by atoms with Crippen LogP contribution in [0.3, 0.4) is 0 Å². The number of hydrogen-bond donors (Lipinski definition) is 2. The summed E-state index contributed by atoms with van der Waals surface area (Å²) in [7, 11) is 0. The van der Waals surface area contributed by atoms with Gasteiger partial charge in [-0.25, -0.2) is 0 Å². The van der Waals surface area contributed by atoms with Crippen molar-refractivity contribution in [3.8, 4) is 0 Å². The van der Waals surface area contributed by atoms with Crippen LogP contribution in [0.4, 0.5) is 18.9 Å². The number of carbonyl (C=O) groups is 2. The molecule has 1 aliphatic heterocycles. The molecule has 2 aromatic rings. The Balaban J connectivity index is 1.40. The maximum Gasteiger partial charge on any atom is 0.423 e. The molecule has 2 aromatic carbocycles. The first kappa shape index (κ1) is 25.6. The van der Waals surface area contributed by atoms with Crippen LogP contribution in [0, 0.1) is 10.1 Å². The Morgan fingerprint density at radius 2 is 1.69 bits per heavy atom. The van der Waals surface area contributed by atoms with Gasteiger partial charge in [-0.15, -0.1) is 0 Å². The zero-order chi connectivity index (χ0) is 25.9. The number of benzene rings is 2. The van der Waals surface area contributed by atoms with Gasteiger partial charge in [0.05, 0.1) is 17.5 Å². The Morgan fingerprint density at radius 1 is 1.03 bits per heavy atom. The lowest BCUT2D eigenvalue weighted by molar-refractivity contribution is -0.388. The number of nitrogens with one attached hydrogen (secondary N) is 2. The monoisotopic (exact) mass is 504 g/mol. The minimum Gasteiger partial charge on any atom is -0.343 e. The topological polar surface area (TPSA) is 105 Å². The third-order valence-corrected chi connectivity index (χ3v) is 6.96. The van der Waals surface area contributed by atoms with E-state index in [4.69, 9.17) is 0 Å². The van der Waals surface area contributed by atoms with Crippen LogP contribution >= 0.6 is 0 Å². The minimum absolute atomic E-state index is 0.00360. The molecule has 1 aliphatic carbocycles. The highest BCUT2D eigenvalue weighted by molar-refractivity contribution is 5.97. The molecule has 0 radical (unpaired) electrons. The summed E-state index contributed by atoms with van der Waals surface area (Å²) >= 11 is 0. The molecule has 2 N–H and O–H groups in total. The molecule has 0 spiro atoms. The van der Waals surface area contributed by atoms with E-state index in [0.29, 0.717) is 31.1 Å². The van der Waals surface area contributed by atoms with Crippen molar-refractivity contribution in [3.05, 3.63) is 75.3 Å². The van der Waals surface area contributed by atoms with Crippen LogP contribution in [0.5, 0.6) is 0 Å². The molecule has 11 heteroatoms. The van der Waals surface area contributed by atoms with Crippen LogP contribution in [-0.4, -0.2) is 53.4 Å². The third-order valence-electron chi connectivity index (χ3n) is 6.96. The molecular weight excluding hydrogens is 477 g/mol. The zero-order valence-electron chi connectivity index (χ0n) is 19.5. The second-order valence-corrected chi connectivity index (χ2v) is 9.20. The second-order valence-electron chi connectivity index (χ2n) is 9.20. The molecule has 0 unspecified atom stereocenters. The maximum atomic E-state index is 13.2. The molecule has 1 saturated heterocycles. The normalized spacial score (nSPS) is 20.3. The van der Waals surface area contributed by atoms with E-state index >= 15 is 0 Å². The average Bonchev–Trinajstić information content (AvgIpc) is 2.84. The van der Waals surface area contributed by atoms with E-state index in [1.807, 2.05) is 23.1 Å². The van der Waals surface area contributed by atoms with Gasteiger partial charge in [-0.3, -0.25) is 19.7 Å². The number of amides is 2. The predicted octanol–water partition coefficient (Wildman–Crippen LogP) is 3.87. The summed E-state index contributed by atoms with van der Waals surface area (Å²) in [5, 5.41) is 16.5. The van der Waals surface area contributed by atoms with Gasteiger partial charge in [-0.1, -0.05) is 30.3 Å². The fourth-order valence-electron chi connectivity index (χ4n) is 5.00. The van der Waals surface area contributed by atoms with Crippen LogP contribution in [-0.2, 0) is 11.0 Å². The molecule has 8 nitrogen and oxygen atoms in total. The van der Waals surface area contributed by atoms with Crippen molar-refractivity contribution < 1.29 is 27.7 Å². The summed E-state index contributed by atoms with van der Waals surface area (Å²) in [6.07, 6.45) is -1.47. The molecule has 36 heavy (non-hydrogen) atoms. The second kappa shape index (κ2) is 10.7.